The van der Waals surface area contributed by atoms with Gasteiger partial charge in [-0.3, -0.25) is 4.79 Å². The number of carbonyl (C=O) groups excluding carboxylic acids is 1. The van der Waals surface area contributed by atoms with Crippen molar-refractivity contribution in [3.05, 3.63) is 0 Å². The van der Waals surface area contributed by atoms with Crippen molar-refractivity contribution < 1.29 is 19.4 Å². The number of carboxylic acids is 1. The third-order valence-corrected chi connectivity index (χ3v) is 2.94. The van der Waals surface area contributed by atoms with E-state index in [-0.39, 0.29) is 0 Å². The summed E-state index contributed by atoms with van der Waals surface area (Å²) in [7, 11) is 1.63. The molecule has 0 spiro atoms. The summed E-state index contributed by atoms with van der Waals surface area (Å²) < 4.78 is 5.19. The maximum absolute atomic E-state index is 11.6. The SMILES string of the molecule is CN(CCC1(C(=O)O)CC1)C(=O)OC(C)(C)C. The Hall–Kier alpha value is -1.26. The maximum atomic E-state index is 11.6. The summed E-state index contributed by atoms with van der Waals surface area (Å²) in [5.41, 5.74) is -1.11. The molecule has 0 heterocycles. The van der Waals surface area contributed by atoms with E-state index in [1.165, 1.54) is 4.90 Å². The highest BCUT2D eigenvalue weighted by Crippen LogP contribution is 2.49. The first-order valence-corrected chi connectivity index (χ1v) is 5.84. The Kier molecular flexibility index (Phi) is 3.69. The van der Waals surface area contributed by atoms with Crippen molar-refractivity contribution in [1.82, 2.24) is 4.90 Å². The molecule has 1 aliphatic carbocycles. The second-order valence-electron chi connectivity index (χ2n) is 5.74. The third kappa shape index (κ3) is 3.91. The topological polar surface area (TPSA) is 66.8 Å². The number of carboxylic acid groups (broad SMARTS) is 1. The first-order chi connectivity index (χ1) is 7.66. The molecule has 17 heavy (non-hydrogen) atoms. The number of nitrogens with zero attached hydrogens (tertiary/aromatic N) is 1. The Morgan fingerprint density at radius 3 is 2.24 bits per heavy atom. The zero-order valence-corrected chi connectivity index (χ0v) is 10.9. The quantitative estimate of drug-likeness (QED) is 0.821. The van der Waals surface area contributed by atoms with Crippen molar-refractivity contribution >= 4 is 12.1 Å². The van der Waals surface area contributed by atoms with E-state index in [0.29, 0.717) is 25.8 Å². The normalized spacial score (nSPS) is 17.4. The maximum Gasteiger partial charge on any atom is 0.410 e. The van der Waals surface area contributed by atoms with E-state index in [0.717, 1.165) is 0 Å². The van der Waals surface area contributed by atoms with Gasteiger partial charge >= 0.3 is 12.1 Å². The van der Waals surface area contributed by atoms with Crippen LogP contribution < -0.4 is 0 Å². The summed E-state index contributed by atoms with van der Waals surface area (Å²) in [6.07, 6.45) is 1.52. The largest absolute Gasteiger partial charge is 0.481 e. The number of aliphatic carboxylic acids is 1. The molecule has 0 aliphatic heterocycles. The molecule has 0 radical (unpaired) electrons. The van der Waals surface area contributed by atoms with Crippen LogP contribution in [-0.4, -0.2) is 41.3 Å². The first kappa shape index (κ1) is 13.8. The standard InChI is InChI=1S/C12H21NO4/c1-11(2,3)17-10(16)13(4)8-7-12(5-6-12)9(14)15/h5-8H2,1-4H3,(H,14,15). The van der Waals surface area contributed by atoms with Crippen LogP contribution in [0.1, 0.15) is 40.0 Å². The summed E-state index contributed by atoms with van der Waals surface area (Å²) in [6.45, 7) is 5.83. The zero-order valence-electron chi connectivity index (χ0n) is 10.9. The number of ether oxygens (including phenoxy) is 1. The van der Waals surface area contributed by atoms with Crippen molar-refractivity contribution in [2.45, 2.75) is 45.6 Å². The van der Waals surface area contributed by atoms with E-state index in [4.69, 9.17) is 9.84 Å². The molecular formula is C12H21NO4. The fraction of sp³-hybridized carbons (Fsp3) is 0.833. The summed E-state index contributed by atoms with van der Waals surface area (Å²) in [5.74, 6) is -0.755. The Bertz CT molecular complexity index is 315. The fourth-order valence-corrected chi connectivity index (χ4v) is 1.53. The van der Waals surface area contributed by atoms with Crippen LogP contribution in [0, 0.1) is 5.41 Å². The second-order valence-corrected chi connectivity index (χ2v) is 5.74. The lowest BCUT2D eigenvalue weighted by atomic mass is 10.0. The van der Waals surface area contributed by atoms with Gasteiger partial charge in [0.1, 0.15) is 5.60 Å². The smallest absolute Gasteiger partial charge is 0.410 e. The van der Waals surface area contributed by atoms with E-state index >= 15 is 0 Å². The number of carbonyl (C=O) groups is 2. The van der Waals surface area contributed by atoms with Crippen LogP contribution in [0.5, 0.6) is 0 Å². The minimum atomic E-state index is -0.755. The molecule has 0 aromatic rings. The molecule has 0 unspecified atom stereocenters. The van der Waals surface area contributed by atoms with Gasteiger partial charge in [-0.2, -0.15) is 0 Å². The average Bonchev–Trinajstić information content (AvgIpc) is 2.92. The van der Waals surface area contributed by atoms with Gasteiger partial charge in [0, 0.05) is 13.6 Å². The van der Waals surface area contributed by atoms with E-state index in [9.17, 15) is 9.59 Å². The molecule has 5 heteroatoms. The number of hydrogen-bond donors (Lipinski definition) is 1. The number of hydrogen-bond acceptors (Lipinski definition) is 3. The molecule has 1 fully saturated rings. The lowest BCUT2D eigenvalue weighted by Crippen LogP contribution is -2.36. The Labute approximate surface area is 102 Å². The minimum absolute atomic E-state index is 0.404. The number of amides is 1. The Balaban J connectivity index is 2.37. The molecule has 0 atom stereocenters. The Morgan fingerprint density at radius 1 is 1.35 bits per heavy atom. The van der Waals surface area contributed by atoms with Crippen LogP contribution in [0.2, 0.25) is 0 Å². The molecule has 1 amide bonds. The first-order valence-electron chi connectivity index (χ1n) is 5.84. The summed E-state index contributed by atoms with van der Waals surface area (Å²) >= 11 is 0. The average molecular weight is 243 g/mol. The van der Waals surface area contributed by atoms with Gasteiger partial charge in [-0.15, -0.1) is 0 Å². The van der Waals surface area contributed by atoms with Gasteiger partial charge in [-0.1, -0.05) is 0 Å². The predicted molar refractivity (Wildman–Crippen MR) is 62.8 cm³/mol. The van der Waals surface area contributed by atoms with Gasteiger partial charge in [-0.25, -0.2) is 4.79 Å². The molecule has 1 saturated carbocycles. The van der Waals surface area contributed by atoms with E-state index in [1.807, 2.05) is 0 Å². The van der Waals surface area contributed by atoms with Crippen molar-refractivity contribution in [1.29, 1.82) is 0 Å². The van der Waals surface area contributed by atoms with Gasteiger partial charge in [0.25, 0.3) is 0 Å². The molecule has 1 rings (SSSR count). The highest BCUT2D eigenvalue weighted by Gasteiger charge is 2.49. The van der Waals surface area contributed by atoms with Gasteiger partial charge < -0.3 is 14.7 Å². The highest BCUT2D eigenvalue weighted by molar-refractivity contribution is 5.77. The summed E-state index contributed by atoms with van der Waals surface area (Å²) in [5, 5.41) is 9.01. The molecule has 1 N–H and O–H groups in total. The van der Waals surface area contributed by atoms with E-state index in [2.05, 4.69) is 0 Å². The van der Waals surface area contributed by atoms with E-state index in [1.54, 1.807) is 27.8 Å². The molecule has 5 nitrogen and oxygen atoms in total. The van der Waals surface area contributed by atoms with Crippen LogP contribution in [0.25, 0.3) is 0 Å². The minimum Gasteiger partial charge on any atom is -0.481 e. The summed E-state index contributed by atoms with van der Waals surface area (Å²) in [6, 6.07) is 0. The number of rotatable bonds is 4. The van der Waals surface area contributed by atoms with E-state index < -0.39 is 23.1 Å². The van der Waals surface area contributed by atoms with Gasteiger partial charge in [-0.05, 0) is 40.0 Å². The molecule has 1 aliphatic rings. The van der Waals surface area contributed by atoms with Crippen LogP contribution in [0.4, 0.5) is 4.79 Å². The van der Waals surface area contributed by atoms with Gasteiger partial charge in [0.2, 0.25) is 0 Å². The lowest BCUT2D eigenvalue weighted by molar-refractivity contribution is -0.143. The zero-order chi connectivity index (χ0) is 13.3. The summed E-state index contributed by atoms with van der Waals surface area (Å²) in [4.78, 5) is 24.0. The molecule has 98 valence electrons. The van der Waals surface area contributed by atoms with Crippen LogP contribution >= 0.6 is 0 Å². The molecule has 0 aromatic carbocycles. The highest BCUT2D eigenvalue weighted by atomic mass is 16.6. The third-order valence-electron chi connectivity index (χ3n) is 2.94. The second kappa shape index (κ2) is 4.55. The monoisotopic (exact) mass is 243 g/mol. The molecule has 0 aromatic heterocycles. The van der Waals surface area contributed by atoms with Crippen molar-refractivity contribution in [3.8, 4) is 0 Å². The predicted octanol–water partition coefficient (Wildman–Crippen LogP) is 2.11. The van der Waals surface area contributed by atoms with Crippen molar-refractivity contribution in [2.24, 2.45) is 5.41 Å². The molecule has 0 bridgehead atoms. The van der Waals surface area contributed by atoms with Crippen LogP contribution in [0.3, 0.4) is 0 Å². The fourth-order valence-electron chi connectivity index (χ4n) is 1.53. The van der Waals surface area contributed by atoms with Crippen LogP contribution in [0.15, 0.2) is 0 Å². The Morgan fingerprint density at radius 2 is 1.88 bits per heavy atom. The van der Waals surface area contributed by atoms with Gasteiger partial charge in [0.15, 0.2) is 0 Å². The molecule has 0 saturated heterocycles. The van der Waals surface area contributed by atoms with Crippen LogP contribution in [-0.2, 0) is 9.53 Å². The van der Waals surface area contributed by atoms with Gasteiger partial charge in [0.05, 0.1) is 5.41 Å². The molecular weight excluding hydrogens is 222 g/mol. The van der Waals surface area contributed by atoms with Crippen molar-refractivity contribution in [3.63, 3.8) is 0 Å². The van der Waals surface area contributed by atoms with Crippen molar-refractivity contribution in [2.75, 3.05) is 13.6 Å². The lowest BCUT2D eigenvalue weighted by Gasteiger charge is -2.25.